The van der Waals surface area contributed by atoms with Crippen molar-refractivity contribution < 1.29 is 18.7 Å². The molecule has 1 aromatic rings. The second-order valence-corrected chi connectivity index (χ2v) is 3.61. The Morgan fingerprint density at radius 3 is 3.07 bits per heavy atom. The molecule has 1 aromatic heterocycles. The van der Waals surface area contributed by atoms with Gasteiger partial charge < -0.3 is 9.67 Å². The van der Waals surface area contributed by atoms with E-state index in [1.807, 2.05) is 0 Å². The summed E-state index contributed by atoms with van der Waals surface area (Å²) < 4.78 is 27.6. The van der Waals surface area contributed by atoms with Crippen molar-refractivity contribution in [3.63, 3.8) is 0 Å². The number of nitrogens with zero attached hydrogens (tertiary/aromatic N) is 2. The van der Waals surface area contributed by atoms with Crippen molar-refractivity contribution in [1.29, 1.82) is 0 Å². The molecule has 0 spiro atoms. The standard InChI is InChI=1S/C9H10F2N2O2/c10-9(11,8(14)15)4-6-5-12-7-2-1-3-13(6)7/h5H,1-4H2,(H,14,15). The van der Waals surface area contributed by atoms with Gasteiger partial charge in [-0.05, 0) is 6.42 Å². The molecule has 0 amide bonds. The normalized spacial score (nSPS) is 15.3. The zero-order valence-electron chi connectivity index (χ0n) is 7.91. The van der Waals surface area contributed by atoms with Gasteiger partial charge in [0.15, 0.2) is 0 Å². The largest absolute Gasteiger partial charge is 0.477 e. The number of hydrogen-bond acceptors (Lipinski definition) is 2. The van der Waals surface area contributed by atoms with Crippen LogP contribution in [0.15, 0.2) is 6.20 Å². The monoisotopic (exact) mass is 216 g/mol. The van der Waals surface area contributed by atoms with Gasteiger partial charge in [0.25, 0.3) is 0 Å². The van der Waals surface area contributed by atoms with Gasteiger partial charge in [0.1, 0.15) is 5.82 Å². The molecule has 0 saturated carbocycles. The molecule has 2 heterocycles. The minimum Gasteiger partial charge on any atom is -0.477 e. The fraction of sp³-hybridized carbons (Fsp3) is 0.556. The molecule has 1 aliphatic rings. The summed E-state index contributed by atoms with van der Waals surface area (Å²) in [4.78, 5) is 14.2. The van der Waals surface area contributed by atoms with Crippen LogP contribution >= 0.6 is 0 Å². The van der Waals surface area contributed by atoms with E-state index in [4.69, 9.17) is 5.11 Å². The maximum absolute atomic E-state index is 12.9. The number of hydrogen-bond donors (Lipinski definition) is 1. The first-order chi connectivity index (χ1) is 7.00. The van der Waals surface area contributed by atoms with E-state index in [9.17, 15) is 13.6 Å². The number of carboxylic acid groups (broad SMARTS) is 1. The van der Waals surface area contributed by atoms with Crippen LogP contribution in [0, 0.1) is 0 Å². The van der Waals surface area contributed by atoms with Gasteiger partial charge in [0.05, 0.1) is 6.42 Å². The Kier molecular flexibility index (Phi) is 2.21. The average molecular weight is 216 g/mol. The summed E-state index contributed by atoms with van der Waals surface area (Å²) in [6.45, 7) is 0.653. The van der Waals surface area contributed by atoms with Crippen molar-refractivity contribution in [2.24, 2.45) is 0 Å². The molecule has 2 rings (SSSR count). The van der Waals surface area contributed by atoms with Crippen LogP contribution in [0.1, 0.15) is 17.9 Å². The molecule has 0 radical (unpaired) electrons. The first kappa shape index (κ1) is 10.1. The number of alkyl halides is 2. The summed E-state index contributed by atoms with van der Waals surface area (Å²) >= 11 is 0. The smallest absolute Gasteiger partial charge is 0.374 e. The fourth-order valence-corrected chi connectivity index (χ4v) is 1.77. The highest BCUT2D eigenvalue weighted by atomic mass is 19.3. The highest BCUT2D eigenvalue weighted by Crippen LogP contribution is 2.23. The lowest BCUT2D eigenvalue weighted by Crippen LogP contribution is -2.31. The zero-order chi connectivity index (χ0) is 11.1. The number of carbonyl (C=O) groups is 1. The van der Waals surface area contributed by atoms with E-state index in [2.05, 4.69) is 4.98 Å². The van der Waals surface area contributed by atoms with E-state index in [-0.39, 0.29) is 0 Å². The van der Waals surface area contributed by atoms with Crippen molar-refractivity contribution in [2.75, 3.05) is 0 Å². The highest BCUT2D eigenvalue weighted by Gasteiger charge is 2.40. The Morgan fingerprint density at radius 1 is 1.67 bits per heavy atom. The Balaban J connectivity index is 2.21. The van der Waals surface area contributed by atoms with Gasteiger partial charge >= 0.3 is 11.9 Å². The minimum absolute atomic E-state index is 0.301. The maximum Gasteiger partial charge on any atom is 0.374 e. The van der Waals surface area contributed by atoms with Crippen molar-refractivity contribution in [3.05, 3.63) is 17.7 Å². The van der Waals surface area contributed by atoms with Gasteiger partial charge in [-0.1, -0.05) is 0 Å². The molecule has 0 fully saturated rings. The summed E-state index contributed by atoms with van der Waals surface area (Å²) in [7, 11) is 0. The fourth-order valence-electron chi connectivity index (χ4n) is 1.77. The maximum atomic E-state index is 12.9. The third-order valence-corrected chi connectivity index (χ3v) is 2.52. The van der Waals surface area contributed by atoms with Crippen LogP contribution in [0.2, 0.25) is 0 Å². The van der Waals surface area contributed by atoms with E-state index in [0.717, 1.165) is 18.7 Å². The quantitative estimate of drug-likeness (QED) is 0.822. The van der Waals surface area contributed by atoms with Crippen LogP contribution in [0.4, 0.5) is 8.78 Å². The molecule has 0 unspecified atom stereocenters. The lowest BCUT2D eigenvalue weighted by molar-refractivity contribution is -0.164. The number of aryl methyl sites for hydroxylation is 1. The molecule has 82 valence electrons. The molecule has 0 aromatic carbocycles. The third-order valence-electron chi connectivity index (χ3n) is 2.52. The lowest BCUT2D eigenvalue weighted by Gasteiger charge is -2.11. The molecule has 0 bridgehead atoms. The molecule has 0 saturated heterocycles. The molecule has 6 heteroatoms. The van der Waals surface area contributed by atoms with Crippen LogP contribution in [-0.2, 0) is 24.2 Å². The predicted octanol–water partition coefficient (Wildman–Crippen LogP) is 1.09. The van der Waals surface area contributed by atoms with Crippen molar-refractivity contribution in [3.8, 4) is 0 Å². The van der Waals surface area contributed by atoms with E-state index in [1.54, 1.807) is 4.57 Å². The number of aromatic nitrogens is 2. The van der Waals surface area contributed by atoms with Crippen LogP contribution in [0.5, 0.6) is 0 Å². The SMILES string of the molecule is O=C(O)C(F)(F)Cc1cnc2n1CCC2. The molecular weight excluding hydrogens is 206 g/mol. The van der Waals surface area contributed by atoms with Crippen molar-refractivity contribution >= 4 is 5.97 Å². The van der Waals surface area contributed by atoms with E-state index in [0.29, 0.717) is 12.2 Å². The minimum atomic E-state index is -3.71. The number of carboxylic acids is 1. The van der Waals surface area contributed by atoms with Crippen molar-refractivity contribution in [1.82, 2.24) is 9.55 Å². The van der Waals surface area contributed by atoms with Gasteiger partial charge in [-0.3, -0.25) is 0 Å². The zero-order valence-corrected chi connectivity index (χ0v) is 7.91. The lowest BCUT2D eigenvalue weighted by atomic mass is 10.2. The summed E-state index contributed by atoms with van der Waals surface area (Å²) in [5.74, 6) is -5.03. The first-order valence-corrected chi connectivity index (χ1v) is 4.65. The average Bonchev–Trinajstić information content (AvgIpc) is 2.69. The predicted molar refractivity (Wildman–Crippen MR) is 46.8 cm³/mol. The summed E-state index contributed by atoms with van der Waals surface area (Å²) in [5, 5.41) is 8.31. The van der Waals surface area contributed by atoms with Gasteiger partial charge in [-0.15, -0.1) is 0 Å². The Bertz CT molecular complexity index is 401. The van der Waals surface area contributed by atoms with E-state index in [1.165, 1.54) is 6.20 Å². The number of aliphatic carboxylic acids is 1. The number of halogens is 2. The summed E-state index contributed by atoms with van der Waals surface area (Å²) in [5.41, 5.74) is 0.301. The van der Waals surface area contributed by atoms with Crippen LogP contribution in [0.3, 0.4) is 0 Å². The van der Waals surface area contributed by atoms with Crippen molar-refractivity contribution in [2.45, 2.75) is 31.7 Å². The number of rotatable bonds is 3. The molecule has 0 aliphatic carbocycles. The van der Waals surface area contributed by atoms with Crippen LogP contribution < -0.4 is 0 Å². The molecule has 1 N–H and O–H groups in total. The van der Waals surface area contributed by atoms with Crippen LogP contribution in [-0.4, -0.2) is 26.5 Å². The molecular formula is C9H10F2N2O2. The van der Waals surface area contributed by atoms with Crippen LogP contribution in [0.25, 0.3) is 0 Å². The molecule has 0 atom stereocenters. The highest BCUT2D eigenvalue weighted by molar-refractivity contribution is 5.75. The molecule has 4 nitrogen and oxygen atoms in total. The topological polar surface area (TPSA) is 55.1 Å². The Hall–Kier alpha value is -1.46. The number of imidazole rings is 1. The van der Waals surface area contributed by atoms with Gasteiger partial charge in [-0.2, -0.15) is 8.78 Å². The Morgan fingerprint density at radius 2 is 2.40 bits per heavy atom. The first-order valence-electron chi connectivity index (χ1n) is 4.65. The Labute approximate surface area is 84.5 Å². The second kappa shape index (κ2) is 3.29. The summed E-state index contributed by atoms with van der Waals surface area (Å²) in [6.07, 6.45) is 2.22. The van der Waals surface area contributed by atoms with Gasteiger partial charge in [0, 0.05) is 24.9 Å². The molecule has 1 aliphatic heterocycles. The third kappa shape index (κ3) is 1.71. The molecule has 15 heavy (non-hydrogen) atoms. The second-order valence-electron chi connectivity index (χ2n) is 3.61. The van der Waals surface area contributed by atoms with Gasteiger partial charge in [-0.25, -0.2) is 9.78 Å². The van der Waals surface area contributed by atoms with Gasteiger partial charge in [0.2, 0.25) is 0 Å². The summed E-state index contributed by atoms with van der Waals surface area (Å²) in [6, 6.07) is 0. The van der Waals surface area contributed by atoms with E-state index < -0.39 is 18.3 Å². The van der Waals surface area contributed by atoms with E-state index >= 15 is 0 Å². The number of fused-ring (bicyclic) bond motifs is 1.